The summed E-state index contributed by atoms with van der Waals surface area (Å²) in [4.78, 5) is 0. The van der Waals surface area contributed by atoms with Crippen LogP contribution in [0.15, 0.2) is 30.8 Å². The SMILES string of the molecule is C=C(C)c1ccccc1CCCC(Cl)CC. The molecule has 1 rings (SSSR count). The zero-order valence-corrected chi connectivity index (χ0v) is 11.1. The van der Waals surface area contributed by atoms with Crippen LogP contribution in [0.1, 0.15) is 44.2 Å². The van der Waals surface area contributed by atoms with E-state index in [-0.39, 0.29) is 0 Å². The second kappa shape index (κ2) is 6.75. The molecule has 0 saturated carbocycles. The van der Waals surface area contributed by atoms with E-state index < -0.39 is 0 Å². The molecular formula is C15H21Cl. The molecule has 0 heterocycles. The van der Waals surface area contributed by atoms with Crippen molar-refractivity contribution in [2.75, 3.05) is 0 Å². The molecule has 0 amide bonds. The first kappa shape index (κ1) is 13.3. The summed E-state index contributed by atoms with van der Waals surface area (Å²) in [6.07, 6.45) is 4.42. The van der Waals surface area contributed by atoms with Crippen molar-refractivity contribution in [3.8, 4) is 0 Å². The fourth-order valence-electron chi connectivity index (χ4n) is 1.87. The van der Waals surface area contributed by atoms with Gasteiger partial charge in [0.15, 0.2) is 0 Å². The summed E-state index contributed by atoms with van der Waals surface area (Å²) in [7, 11) is 0. The molecule has 1 heteroatoms. The normalized spacial score (nSPS) is 12.4. The van der Waals surface area contributed by atoms with E-state index in [2.05, 4.69) is 44.7 Å². The van der Waals surface area contributed by atoms with Crippen LogP contribution in [0, 0.1) is 0 Å². The molecule has 0 fully saturated rings. The monoisotopic (exact) mass is 236 g/mol. The van der Waals surface area contributed by atoms with Crippen LogP contribution >= 0.6 is 11.6 Å². The molecule has 1 aromatic rings. The Hall–Kier alpha value is -0.750. The number of halogens is 1. The molecule has 1 unspecified atom stereocenters. The molecule has 0 saturated heterocycles. The van der Waals surface area contributed by atoms with Gasteiger partial charge in [-0.3, -0.25) is 0 Å². The number of allylic oxidation sites excluding steroid dienone is 1. The van der Waals surface area contributed by atoms with Crippen LogP contribution in [-0.4, -0.2) is 5.38 Å². The lowest BCUT2D eigenvalue weighted by Crippen LogP contribution is -1.98. The first-order valence-electron chi connectivity index (χ1n) is 6.03. The second-order valence-electron chi connectivity index (χ2n) is 4.34. The number of alkyl halides is 1. The first-order chi connectivity index (χ1) is 7.65. The lowest BCUT2D eigenvalue weighted by Gasteiger charge is -2.10. The van der Waals surface area contributed by atoms with Crippen LogP contribution in [0.3, 0.4) is 0 Å². The van der Waals surface area contributed by atoms with Gasteiger partial charge in [0.25, 0.3) is 0 Å². The van der Waals surface area contributed by atoms with Gasteiger partial charge in [0.05, 0.1) is 0 Å². The quantitative estimate of drug-likeness (QED) is 0.606. The zero-order chi connectivity index (χ0) is 12.0. The molecule has 88 valence electrons. The number of benzene rings is 1. The summed E-state index contributed by atoms with van der Waals surface area (Å²) < 4.78 is 0. The highest BCUT2D eigenvalue weighted by atomic mass is 35.5. The van der Waals surface area contributed by atoms with Crippen molar-refractivity contribution in [1.82, 2.24) is 0 Å². The Morgan fingerprint density at radius 2 is 2.06 bits per heavy atom. The van der Waals surface area contributed by atoms with Crippen LogP contribution in [0.25, 0.3) is 5.57 Å². The molecule has 1 aromatic carbocycles. The Bertz CT molecular complexity index is 341. The third-order valence-corrected chi connectivity index (χ3v) is 3.41. The van der Waals surface area contributed by atoms with Crippen molar-refractivity contribution in [1.29, 1.82) is 0 Å². The van der Waals surface area contributed by atoms with E-state index in [0.717, 1.165) is 31.3 Å². The van der Waals surface area contributed by atoms with Gasteiger partial charge in [-0.05, 0) is 43.7 Å². The third-order valence-electron chi connectivity index (χ3n) is 2.88. The lowest BCUT2D eigenvalue weighted by atomic mass is 9.97. The molecule has 16 heavy (non-hydrogen) atoms. The maximum Gasteiger partial charge on any atom is 0.0333 e. The Balaban J connectivity index is 2.56. The van der Waals surface area contributed by atoms with Gasteiger partial charge < -0.3 is 0 Å². The molecule has 0 N–H and O–H groups in total. The van der Waals surface area contributed by atoms with Crippen LogP contribution < -0.4 is 0 Å². The van der Waals surface area contributed by atoms with E-state index >= 15 is 0 Å². The van der Waals surface area contributed by atoms with Crippen LogP contribution in [0.2, 0.25) is 0 Å². The second-order valence-corrected chi connectivity index (χ2v) is 4.95. The Labute approximate surface area is 104 Å². The molecule has 0 aliphatic carbocycles. The van der Waals surface area contributed by atoms with Gasteiger partial charge in [-0.25, -0.2) is 0 Å². The van der Waals surface area contributed by atoms with Crippen molar-refractivity contribution in [3.63, 3.8) is 0 Å². The van der Waals surface area contributed by atoms with Gasteiger partial charge in [-0.2, -0.15) is 0 Å². The summed E-state index contributed by atoms with van der Waals surface area (Å²) in [5, 5.41) is 0.331. The van der Waals surface area contributed by atoms with Gasteiger partial charge >= 0.3 is 0 Å². The summed E-state index contributed by atoms with van der Waals surface area (Å²) in [6, 6.07) is 8.51. The van der Waals surface area contributed by atoms with Crippen LogP contribution in [-0.2, 0) is 6.42 Å². The van der Waals surface area contributed by atoms with Crippen molar-refractivity contribution in [2.45, 2.75) is 44.9 Å². The van der Waals surface area contributed by atoms with Crippen molar-refractivity contribution < 1.29 is 0 Å². The minimum Gasteiger partial charge on any atom is -0.123 e. The number of rotatable bonds is 6. The van der Waals surface area contributed by atoms with E-state index in [1.54, 1.807) is 0 Å². The molecule has 0 aromatic heterocycles. The predicted molar refractivity (Wildman–Crippen MR) is 74.0 cm³/mol. The summed E-state index contributed by atoms with van der Waals surface area (Å²) >= 11 is 6.12. The molecule has 0 nitrogen and oxygen atoms in total. The highest BCUT2D eigenvalue weighted by molar-refractivity contribution is 6.20. The summed E-state index contributed by atoms with van der Waals surface area (Å²) in [5.74, 6) is 0. The largest absolute Gasteiger partial charge is 0.123 e. The molecular weight excluding hydrogens is 216 g/mol. The molecule has 0 radical (unpaired) electrons. The van der Waals surface area contributed by atoms with E-state index in [1.165, 1.54) is 11.1 Å². The maximum absolute atomic E-state index is 6.12. The predicted octanol–water partition coefficient (Wildman–Crippen LogP) is 5.06. The summed E-state index contributed by atoms with van der Waals surface area (Å²) in [5.41, 5.74) is 3.84. The highest BCUT2D eigenvalue weighted by Gasteiger charge is 2.04. The van der Waals surface area contributed by atoms with E-state index in [4.69, 9.17) is 11.6 Å². The smallest absolute Gasteiger partial charge is 0.0333 e. The average Bonchev–Trinajstić information content (AvgIpc) is 2.29. The fourth-order valence-corrected chi connectivity index (χ4v) is 2.03. The Kier molecular flexibility index (Phi) is 5.62. The molecule has 0 spiro atoms. The highest BCUT2D eigenvalue weighted by Crippen LogP contribution is 2.20. The number of aryl methyl sites for hydroxylation is 1. The van der Waals surface area contributed by atoms with Crippen LogP contribution in [0.5, 0.6) is 0 Å². The van der Waals surface area contributed by atoms with Gasteiger partial charge in [-0.1, -0.05) is 43.3 Å². The van der Waals surface area contributed by atoms with Crippen molar-refractivity contribution >= 4 is 17.2 Å². The fraction of sp³-hybridized carbons (Fsp3) is 0.467. The Morgan fingerprint density at radius 3 is 2.69 bits per heavy atom. The van der Waals surface area contributed by atoms with Gasteiger partial charge in [0.1, 0.15) is 0 Å². The molecule has 0 aliphatic rings. The van der Waals surface area contributed by atoms with Gasteiger partial charge in [0.2, 0.25) is 0 Å². The van der Waals surface area contributed by atoms with E-state index in [9.17, 15) is 0 Å². The van der Waals surface area contributed by atoms with E-state index in [0.29, 0.717) is 5.38 Å². The lowest BCUT2D eigenvalue weighted by molar-refractivity contribution is 0.674. The Morgan fingerprint density at radius 1 is 1.38 bits per heavy atom. The van der Waals surface area contributed by atoms with Crippen LogP contribution in [0.4, 0.5) is 0 Å². The topological polar surface area (TPSA) is 0 Å². The average molecular weight is 237 g/mol. The minimum atomic E-state index is 0.331. The minimum absolute atomic E-state index is 0.331. The van der Waals surface area contributed by atoms with Gasteiger partial charge in [0, 0.05) is 5.38 Å². The zero-order valence-electron chi connectivity index (χ0n) is 10.3. The van der Waals surface area contributed by atoms with E-state index in [1.807, 2.05) is 0 Å². The van der Waals surface area contributed by atoms with Gasteiger partial charge in [-0.15, -0.1) is 11.6 Å². The first-order valence-corrected chi connectivity index (χ1v) is 6.46. The maximum atomic E-state index is 6.12. The molecule has 0 bridgehead atoms. The third kappa shape index (κ3) is 4.02. The standard InChI is InChI=1S/C15H21Cl/c1-4-14(16)10-7-9-13-8-5-6-11-15(13)12(2)3/h5-6,8,11,14H,2,4,7,9-10H2,1,3H3. The van der Waals surface area contributed by atoms with Crippen molar-refractivity contribution in [2.24, 2.45) is 0 Å². The number of hydrogen-bond acceptors (Lipinski definition) is 0. The van der Waals surface area contributed by atoms with Crippen molar-refractivity contribution in [3.05, 3.63) is 42.0 Å². The molecule has 0 aliphatic heterocycles. The number of hydrogen-bond donors (Lipinski definition) is 0. The molecule has 1 atom stereocenters. The summed E-state index contributed by atoms with van der Waals surface area (Å²) in [6.45, 7) is 8.22.